The van der Waals surface area contributed by atoms with Crippen molar-refractivity contribution < 1.29 is 19.4 Å². The Bertz CT molecular complexity index is 1550. The van der Waals surface area contributed by atoms with Crippen LogP contribution in [0.25, 0.3) is 0 Å². The first-order valence-electron chi connectivity index (χ1n) is 11.7. The van der Waals surface area contributed by atoms with Gasteiger partial charge in [0.15, 0.2) is 11.5 Å². The summed E-state index contributed by atoms with van der Waals surface area (Å²) in [7, 11) is 0. The number of hydrogen-bond acceptors (Lipinski definition) is 5. The van der Waals surface area contributed by atoms with Gasteiger partial charge in [-0.2, -0.15) is 0 Å². The molecule has 8 heteroatoms. The Kier molecular flexibility index (Phi) is 7.09. The first-order valence-corrected chi connectivity index (χ1v) is 12.5. The fourth-order valence-corrected chi connectivity index (χ4v) is 4.75. The maximum absolute atomic E-state index is 13.6. The van der Waals surface area contributed by atoms with E-state index in [0.29, 0.717) is 34.3 Å². The van der Waals surface area contributed by atoms with Crippen molar-refractivity contribution in [3.8, 4) is 5.75 Å². The van der Waals surface area contributed by atoms with Gasteiger partial charge in [0.05, 0.1) is 16.6 Å². The first kappa shape index (κ1) is 25.4. The minimum atomic E-state index is -0.930. The van der Waals surface area contributed by atoms with Gasteiger partial charge < -0.3 is 15.6 Å². The Morgan fingerprint density at radius 1 is 0.921 bits per heavy atom. The van der Waals surface area contributed by atoms with Crippen molar-refractivity contribution >= 4 is 46.3 Å². The largest absolute Gasteiger partial charge is 0.503 e. The Hall–Kier alpha value is -4.26. The molecule has 0 aliphatic carbocycles. The summed E-state index contributed by atoms with van der Waals surface area (Å²) in [5.41, 5.74) is 8.40. The fraction of sp³-hybridized carbons (Fsp3) is 0.0667. The van der Waals surface area contributed by atoms with Crippen LogP contribution in [0.3, 0.4) is 0 Å². The second kappa shape index (κ2) is 10.6. The number of ether oxygens (including phenoxy) is 1. The van der Waals surface area contributed by atoms with E-state index in [4.69, 9.17) is 33.7 Å². The predicted molar refractivity (Wildman–Crippen MR) is 149 cm³/mol. The van der Waals surface area contributed by atoms with Crippen molar-refractivity contribution in [2.45, 2.75) is 12.6 Å². The average Bonchev–Trinajstić information content (AvgIpc) is 3.18. The molecule has 38 heavy (non-hydrogen) atoms. The molecule has 0 saturated heterocycles. The number of nitrogens with zero attached hydrogens (tertiary/aromatic N) is 1. The molecule has 1 heterocycles. The second-order valence-electron chi connectivity index (χ2n) is 8.74. The highest BCUT2D eigenvalue weighted by Crippen LogP contribution is 2.43. The Morgan fingerprint density at radius 3 is 2.34 bits per heavy atom. The van der Waals surface area contributed by atoms with E-state index >= 15 is 0 Å². The van der Waals surface area contributed by atoms with E-state index in [1.54, 1.807) is 60.7 Å². The number of benzene rings is 4. The van der Waals surface area contributed by atoms with Gasteiger partial charge >= 0.3 is 0 Å². The standard InChI is InChI=1S/C30H22Cl2N2O4/c31-21-11-9-19(10-12-21)27-26(28(35)20-7-4-8-22(33)15-20)29(36)30(37)34(27)23-13-14-25(24(32)16-23)38-17-18-5-2-1-3-6-18/h1-16,27,36H,17,33H2. The van der Waals surface area contributed by atoms with Crippen molar-refractivity contribution in [2.24, 2.45) is 0 Å². The van der Waals surface area contributed by atoms with E-state index in [-0.39, 0.29) is 16.2 Å². The molecular formula is C30H22Cl2N2O4. The van der Waals surface area contributed by atoms with Crippen LogP contribution in [-0.4, -0.2) is 16.8 Å². The van der Waals surface area contributed by atoms with Crippen LogP contribution in [0.2, 0.25) is 10.0 Å². The predicted octanol–water partition coefficient (Wildman–Crippen LogP) is 6.94. The number of ketones is 1. The Labute approximate surface area is 229 Å². The molecule has 3 N–H and O–H groups in total. The lowest BCUT2D eigenvalue weighted by Gasteiger charge is -2.27. The molecule has 1 aliphatic rings. The van der Waals surface area contributed by atoms with Crippen LogP contribution in [0, 0.1) is 0 Å². The molecule has 4 aromatic rings. The van der Waals surface area contributed by atoms with E-state index < -0.39 is 23.5 Å². The summed E-state index contributed by atoms with van der Waals surface area (Å²) >= 11 is 12.6. The average molecular weight is 545 g/mol. The monoisotopic (exact) mass is 544 g/mol. The lowest BCUT2D eigenvalue weighted by molar-refractivity contribution is -0.117. The number of halogens is 2. The van der Waals surface area contributed by atoms with Crippen molar-refractivity contribution in [3.05, 3.63) is 135 Å². The zero-order valence-corrected chi connectivity index (χ0v) is 21.5. The summed E-state index contributed by atoms with van der Waals surface area (Å²) in [6.07, 6.45) is 0. The molecule has 0 aromatic heterocycles. The summed E-state index contributed by atoms with van der Waals surface area (Å²) in [4.78, 5) is 28.4. The highest BCUT2D eigenvalue weighted by molar-refractivity contribution is 6.32. The van der Waals surface area contributed by atoms with Crippen LogP contribution in [-0.2, 0) is 11.4 Å². The third-order valence-corrected chi connectivity index (χ3v) is 6.77. The number of aliphatic hydroxyl groups excluding tert-OH is 1. The van der Waals surface area contributed by atoms with Crippen molar-refractivity contribution in [1.29, 1.82) is 0 Å². The van der Waals surface area contributed by atoms with Gasteiger partial charge in [-0.25, -0.2) is 0 Å². The SMILES string of the molecule is Nc1cccc(C(=O)C2=C(O)C(=O)N(c3ccc(OCc4ccccc4)c(Cl)c3)C2c2ccc(Cl)cc2)c1. The van der Waals surface area contributed by atoms with Gasteiger partial charge in [0, 0.05) is 22.0 Å². The zero-order chi connectivity index (χ0) is 26.8. The van der Waals surface area contributed by atoms with Gasteiger partial charge in [-0.15, -0.1) is 0 Å². The van der Waals surface area contributed by atoms with Crippen LogP contribution >= 0.6 is 23.2 Å². The van der Waals surface area contributed by atoms with E-state index in [9.17, 15) is 14.7 Å². The smallest absolute Gasteiger partial charge is 0.294 e. The maximum Gasteiger partial charge on any atom is 0.294 e. The minimum Gasteiger partial charge on any atom is -0.503 e. The van der Waals surface area contributed by atoms with E-state index in [2.05, 4.69) is 0 Å². The summed E-state index contributed by atoms with van der Waals surface area (Å²) < 4.78 is 5.87. The number of Topliss-reactive ketones (excluding diaryl/α,β-unsaturated/α-hetero) is 1. The summed E-state index contributed by atoms with van der Waals surface area (Å²) in [6.45, 7) is 0.317. The summed E-state index contributed by atoms with van der Waals surface area (Å²) in [5, 5.41) is 11.7. The molecular weight excluding hydrogens is 523 g/mol. The highest BCUT2D eigenvalue weighted by atomic mass is 35.5. The number of nitrogens with two attached hydrogens (primary N) is 1. The van der Waals surface area contributed by atoms with Crippen LogP contribution < -0.4 is 15.4 Å². The number of rotatable bonds is 7. The molecule has 0 bridgehead atoms. The molecule has 0 spiro atoms. The molecule has 4 aromatic carbocycles. The van der Waals surface area contributed by atoms with Crippen molar-refractivity contribution in [3.63, 3.8) is 0 Å². The number of carbonyl (C=O) groups is 2. The molecule has 190 valence electrons. The number of anilines is 2. The number of carbonyl (C=O) groups excluding carboxylic acids is 2. The summed E-state index contributed by atoms with van der Waals surface area (Å²) in [6, 6.07) is 26.7. The quantitative estimate of drug-likeness (QED) is 0.194. The van der Waals surface area contributed by atoms with Gasteiger partial charge in [-0.3, -0.25) is 14.5 Å². The third-order valence-electron chi connectivity index (χ3n) is 6.22. The van der Waals surface area contributed by atoms with E-state index in [1.165, 1.54) is 11.0 Å². The lowest BCUT2D eigenvalue weighted by atomic mass is 9.92. The molecule has 1 atom stereocenters. The normalized spacial score (nSPS) is 15.2. The molecule has 1 unspecified atom stereocenters. The van der Waals surface area contributed by atoms with E-state index in [0.717, 1.165) is 5.56 Å². The van der Waals surface area contributed by atoms with E-state index in [1.807, 2.05) is 30.3 Å². The van der Waals surface area contributed by atoms with Crippen LogP contribution in [0.15, 0.2) is 108 Å². The molecule has 1 aliphatic heterocycles. The maximum atomic E-state index is 13.6. The molecule has 1 amide bonds. The van der Waals surface area contributed by atoms with Gasteiger partial charge in [0.2, 0.25) is 0 Å². The molecule has 0 radical (unpaired) electrons. The first-order chi connectivity index (χ1) is 18.3. The lowest BCUT2D eigenvalue weighted by Crippen LogP contribution is -2.31. The topological polar surface area (TPSA) is 92.9 Å². The van der Waals surface area contributed by atoms with Crippen LogP contribution in [0.4, 0.5) is 11.4 Å². The number of nitrogen functional groups attached to an aromatic ring is 1. The number of aliphatic hydroxyl groups is 1. The fourth-order valence-electron chi connectivity index (χ4n) is 4.39. The molecule has 0 fully saturated rings. The highest BCUT2D eigenvalue weighted by Gasteiger charge is 2.44. The summed E-state index contributed by atoms with van der Waals surface area (Å²) in [5.74, 6) is -1.45. The minimum absolute atomic E-state index is 0.0663. The van der Waals surface area contributed by atoms with Gasteiger partial charge in [-0.05, 0) is 53.6 Å². The Balaban J connectivity index is 1.53. The Morgan fingerprint density at radius 2 is 1.66 bits per heavy atom. The van der Waals surface area contributed by atoms with Crippen molar-refractivity contribution in [2.75, 3.05) is 10.6 Å². The van der Waals surface area contributed by atoms with Gasteiger partial charge in [0.1, 0.15) is 12.4 Å². The number of hydrogen-bond donors (Lipinski definition) is 2. The zero-order valence-electron chi connectivity index (χ0n) is 20.0. The van der Waals surface area contributed by atoms with Crippen LogP contribution in [0.1, 0.15) is 27.5 Å². The number of amides is 1. The molecule has 5 rings (SSSR count). The third kappa shape index (κ3) is 4.96. The molecule has 0 saturated carbocycles. The van der Waals surface area contributed by atoms with Gasteiger partial charge in [-0.1, -0.05) is 77.8 Å². The second-order valence-corrected chi connectivity index (χ2v) is 9.58. The molecule has 6 nitrogen and oxygen atoms in total. The van der Waals surface area contributed by atoms with Gasteiger partial charge in [0.25, 0.3) is 5.91 Å². The van der Waals surface area contributed by atoms with Crippen molar-refractivity contribution in [1.82, 2.24) is 0 Å². The van der Waals surface area contributed by atoms with Crippen LogP contribution in [0.5, 0.6) is 5.75 Å².